The quantitative estimate of drug-likeness (QED) is 0.135. The maximum atomic E-state index is 8.55. The van der Waals surface area contributed by atoms with Crippen LogP contribution in [0.25, 0.3) is 0 Å². The largest absolute Gasteiger partial charge is 0.822 e. The van der Waals surface area contributed by atoms with E-state index in [0.717, 1.165) is 0 Å². The maximum absolute atomic E-state index is 8.55. The molecule has 0 heterocycles. The van der Waals surface area contributed by atoms with Crippen molar-refractivity contribution in [2.75, 3.05) is 20.0 Å². The van der Waals surface area contributed by atoms with E-state index in [9.17, 15) is 0 Å². The van der Waals surface area contributed by atoms with Crippen molar-refractivity contribution >= 4 is 77.4 Å². The topological polar surface area (TPSA) is 86.2 Å². The molecule has 0 aliphatic carbocycles. The minimum absolute atomic E-state index is 1.31. The molecule has 0 aliphatic heterocycles. The molecule has 0 saturated carbocycles. The highest BCUT2D eigenvalue weighted by Gasteiger charge is 2.42. The highest BCUT2D eigenvalue weighted by molar-refractivity contribution is 7.96. The van der Waals surface area contributed by atoms with Gasteiger partial charge in [0.15, 0.2) is 0 Å². The Balaban J connectivity index is 0.000000173. The standard InChI is InChI=1S/3C22H24P.H3O4P/c3*1-17-5-11-20(12-6-17)23(4,21-13-7-18(2)8-14-21)22-15-9-19(3)10-16-22;1-5(2,3)4/h3*5-16H,1-4H3;(H3,1,2,3,4)/q3*+1;/p-3. The van der Waals surface area contributed by atoms with Gasteiger partial charge in [0, 0.05) is 0 Å². The molecular formula is C66H72O4P4. The first-order chi connectivity index (χ1) is 35.0. The van der Waals surface area contributed by atoms with Gasteiger partial charge in [-0.1, -0.05) is 159 Å². The molecule has 8 heteroatoms. The lowest BCUT2D eigenvalue weighted by molar-refractivity contribution is -0.432. The van der Waals surface area contributed by atoms with E-state index in [1.165, 1.54) is 97.8 Å². The minimum Gasteiger partial charge on any atom is -0.822 e. The molecule has 380 valence electrons. The Kier molecular flexibility index (Phi) is 19.7. The van der Waals surface area contributed by atoms with E-state index in [-0.39, 0.29) is 0 Å². The molecule has 9 aromatic carbocycles. The molecule has 0 bridgehead atoms. The van der Waals surface area contributed by atoms with E-state index in [1.807, 2.05) is 0 Å². The summed E-state index contributed by atoms with van der Waals surface area (Å²) in [6.07, 6.45) is 0. The lowest BCUT2D eigenvalue weighted by Crippen LogP contribution is -2.30. The Hall–Kier alpha value is -5.62. The van der Waals surface area contributed by atoms with Crippen molar-refractivity contribution in [1.82, 2.24) is 0 Å². The van der Waals surface area contributed by atoms with Crippen molar-refractivity contribution in [2.45, 2.75) is 62.3 Å². The van der Waals surface area contributed by atoms with E-state index in [4.69, 9.17) is 19.2 Å². The van der Waals surface area contributed by atoms with Gasteiger partial charge in [0.25, 0.3) is 0 Å². The first-order valence-electron chi connectivity index (χ1n) is 25.0. The van der Waals surface area contributed by atoms with E-state index in [2.05, 4.69) is 301 Å². The second-order valence-corrected chi connectivity index (χ2v) is 31.6. The molecule has 74 heavy (non-hydrogen) atoms. The zero-order chi connectivity index (χ0) is 53.8. The molecule has 0 N–H and O–H groups in total. The van der Waals surface area contributed by atoms with Crippen molar-refractivity contribution in [3.63, 3.8) is 0 Å². The van der Waals surface area contributed by atoms with Gasteiger partial charge in [-0.15, -0.1) is 0 Å². The van der Waals surface area contributed by atoms with Gasteiger partial charge in [-0.25, -0.2) is 0 Å². The molecule has 0 radical (unpaired) electrons. The molecule has 9 rings (SSSR count). The van der Waals surface area contributed by atoms with Crippen molar-refractivity contribution in [3.8, 4) is 0 Å². The summed E-state index contributed by atoms with van der Waals surface area (Å²) in [6.45, 7) is 26.7. The van der Waals surface area contributed by atoms with Gasteiger partial charge in [-0.3, -0.25) is 0 Å². The number of rotatable bonds is 9. The van der Waals surface area contributed by atoms with Crippen LogP contribution in [0.15, 0.2) is 218 Å². The smallest absolute Gasteiger partial charge is 0.109 e. The molecule has 4 nitrogen and oxygen atoms in total. The number of phosphoric acid groups is 1. The predicted octanol–water partition coefficient (Wildman–Crippen LogP) is 10.8. The van der Waals surface area contributed by atoms with Crippen LogP contribution in [0.5, 0.6) is 0 Å². The monoisotopic (exact) mass is 1050 g/mol. The van der Waals surface area contributed by atoms with Crippen LogP contribution in [0, 0.1) is 62.3 Å². The van der Waals surface area contributed by atoms with Crippen LogP contribution in [-0.4, -0.2) is 20.0 Å². The van der Waals surface area contributed by atoms with Gasteiger partial charge >= 0.3 is 0 Å². The van der Waals surface area contributed by atoms with Crippen LogP contribution in [0.2, 0.25) is 0 Å². The summed E-state index contributed by atoms with van der Waals surface area (Å²) < 4.78 is 8.55. The van der Waals surface area contributed by atoms with Crippen LogP contribution in [0.1, 0.15) is 50.1 Å². The first kappa shape index (κ1) is 57.7. The van der Waals surface area contributed by atoms with Gasteiger partial charge in [0.05, 0.1) is 20.0 Å². The predicted molar refractivity (Wildman–Crippen MR) is 323 cm³/mol. The highest BCUT2D eigenvalue weighted by Crippen LogP contribution is 2.53. The van der Waals surface area contributed by atoms with Gasteiger partial charge in [0.1, 0.15) is 69.5 Å². The third kappa shape index (κ3) is 14.8. The van der Waals surface area contributed by atoms with Crippen LogP contribution in [0.4, 0.5) is 0 Å². The third-order valence-electron chi connectivity index (χ3n) is 14.0. The molecular weight excluding hydrogens is 981 g/mol. The summed E-state index contributed by atoms with van der Waals surface area (Å²) in [6, 6.07) is 81.7. The number of aryl methyl sites for hydroxylation is 9. The minimum atomic E-state index is -5.39. The molecule has 0 amide bonds. The van der Waals surface area contributed by atoms with E-state index < -0.39 is 29.6 Å². The normalized spacial score (nSPS) is 11.5. The maximum Gasteiger partial charge on any atom is 0.109 e. The van der Waals surface area contributed by atoms with Gasteiger partial charge in [-0.05, 0) is 172 Å². The Bertz CT molecular complexity index is 2540. The Labute approximate surface area is 444 Å². The molecule has 0 spiro atoms. The summed E-state index contributed by atoms with van der Waals surface area (Å²) in [4.78, 5) is 25.6. The molecule has 0 unspecified atom stereocenters. The third-order valence-corrected chi connectivity index (χ3v) is 25.9. The zero-order valence-electron chi connectivity index (χ0n) is 45.2. The second kappa shape index (κ2) is 25.3. The molecule has 0 atom stereocenters. The van der Waals surface area contributed by atoms with Gasteiger partial charge in [-0.2, -0.15) is 7.82 Å². The van der Waals surface area contributed by atoms with E-state index >= 15 is 0 Å². The van der Waals surface area contributed by atoms with Crippen molar-refractivity contribution in [2.24, 2.45) is 0 Å². The molecule has 9 aromatic rings. The lowest BCUT2D eigenvalue weighted by Gasteiger charge is -2.36. The van der Waals surface area contributed by atoms with E-state index in [0.29, 0.717) is 0 Å². The fourth-order valence-electron chi connectivity index (χ4n) is 8.93. The molecule has 0 saturated heterocycles. The zero-order valence-corrected chi connectivity index (χ0v) is 48.8. The fourth-order valence-corrected chi connectivity index (χ4v) is 18.3. The molecule has 0 aromatic heterocycles. The average molecular weight is 1050 g/mol. The highest BCUT2D eigenvalue weighted by atomic mass is 31.2. The van der Waals surface area contributed by atoms with Crippen LogP contribution in [0.3, 0.4) is 0 Å². The SMILES string of the molecule is Cc1ccc([P+](C)(c2ccc(C)cc2)c2ccc(C)cc2)cc1.Cc1ccc([P+](C)(c2ccc(C)cc2)c2ccc(C)cc2)cc1.Cc1ccc([P+](C)(c2ccc(C)cc2)c2ccc(C)cc2)cc1.O=P([O-])([O-])[O-]. The van der Waals surface area contributed by atoms with E-state index in [1.54, 1.807) is 0 Å². The van der Waals surface area contributed by atoms with Crippen LogP contribution >= 0.6 is 29.6 Å². The Morgan fingerprint density at radius 3 is 0.351 bits per heavy atom. The van der Waals surface area contributed by atoms with Crippen molar-refractivity contribution < 1.29 is 19.2 Å². The number of hydrogen-bond acceptors (Lipinski definition) is 4. The summed E-state index contributed by atoms with van der Waals surface area (Å²) >= 11 is 0. The summed E-state index contributed by atoms with van der Waals surface area (Å²) in [5.41, 5.74) is 11.8. The average Bonchev–Trinajstić information content (AvgIpc) is 3.37. The summed E-state index contributed by atoms with van der Waals surface area (Å²) in [5.74, 6) is 0. The van der Waals surface area contributed by atoms with Crippen LogP contribution < -0.4 is 62.4 Å². The summed E-state index contributed by atoms with van der Waals surface area (Å²) in [5, 5.41) is 13.0. The Morgan fingerprint density at radius 1 is 0.216 bits per heavy atom. The fraction of sp³-hybridized carbons (Fsp3) is 0.182. The first-order valence-corrected chi connectivity index (χ1v) is 33.1. The van der Waals surface area contributed by atoms with Crippen molar-refractivity contribution in [3.05, 3.63) is 268 Å². The summed E-state index contributed by atoms with van der Waals surface area (Å²) in [7, 11) is -10.1. The second-order valence-electron chi connectivity index (χ2n) is 20.0. The lowest BCUT2D eigenvalue weighted by atomic mass is 10.2. The van der Waals surface area contributed by atoms with Crippen LogP contribution in [-0.2, 0) is 4.57 Å². The Morgan fingerprint density at radius 2 is 0.284 bits per heavy atom. The number of hydrogen-bond donors (Lipinski definition) is 0. The van der Waals surface area contributed by atoms with Gasteiger partial charge < -0.3 is 19.2 Å². The van der Waals surface area contributed by atoms with Gasteiger partial charge in [0.2, 0.25) is 0 Å². The number of benzene rings is 9. The van der Waals surface area contributed by atoms with Crippen molar-refractivity contribution in [1.29, 1.82) is 0 Å². The molecule has 0 fully saturated rings. The molecule has 0 aliphatic rings.